The average Bonchev–Trinajstić information content (AvgIpc) is 2.61. The number of nitrogens with one attached hydrogen (secondary N) is 1. The van der Waals surface area contributed by atoms with Crippen LogP contribution in [0, 0.1) is 17.6 Å². The quantitative estimate of drug-likeness (QED) is 0.630. The van der Waals surface area contributed by atoms with E-state index in [9.17, 15) is 8.78 Å². The van der Waals surface area contributed by atoms with Crippen molar-refractivity contribution in [1.29, 1.82) is 0 Å². The van der Waals surface area contributed by atoms with Crippen LogP contribution >= 0.6 is 15.9 Å². The SMILES string of the molecule is CNCC1CCCCCC1c1c(F)ccc(Br)c1F. The second kappa shape index (κ2) is 6.80. The van der Waals surface area contributed by atoms with Crippen LogP contribution in [0.4, 0.5) is 8.78 Å². The van der Waals surface area contributed by atoms with Gasteiger partial charge in [-0.1, -0.05) is 19.3 Å². The molecule has 2 rings (SSSR count). The number of benzene rings is 1. The topological polar surface area (TPSA) is 12.0 Å². The number of rotatable bonds is 3. The molecule has 1 aliphatic rings. The molecule has 1 saturated carbocycles. The minimum atomic E-state index is -0.423. The van der Waals surface area contributed by atoms with Crippen molar-refractivity contribution >= 4 is 15.9 Å². The molecule has 0 radical (unpaired) electrons. The van der Waals surface area contributed by atoms with E-state index in [1.165, 1.54) is 12.1 Å². The summed E-state index contributed by atoms with van der Waals surface area (Å²) in [4.78, 5) is 0. The summed E-state index contributed by atoms with van der Waals surface area (Å²) in [5.41, 5.74) is 0.275. The van der Waals surface area contributed by atoms with E-state index in [-0.39, 0.29) is 11.5 Å². The fraction of sp³-hybridized carbons (Fsp3) is 0.600. The Morgan fingerprint density at radius 3 is 2.68 bits per heavy atom. The second-order valence-corrected chi connectivity index (χ2v) is 6.17. The summed E-state index contributed by atoms with van der Waals surface area (Å²) in [6.07, 6.45) is 5.28. The first-order valence-electron chi connectivity index (χ1n) is 6.93. The molecule has 19 heavy (non-hydrogen) atoms. The molecule has 1 aliphatic carbocycles. The fourth-order valence-electron chi connectivity index (χ4n) is 3.15. The highest BCUT2D eigenvalue weighted by Gasteiger charge is 2.30. The highest BCUT2D eigenvalue weighted by atomic mass is 79.9. The van der Waals surface area contributed by atoms with Gasteiger partial charge in [-0.3, -0.25) is 0 Å². The van der Waals surface area contributed by atoms with Crippen LogP contribution in [-0.2, 0) is 0 Å². The first-order chi connectivity index (χ1) is 9.15. The smallest absolute Gasteiger partial charge is 0.143 e. The van der Waals surface area contributed by atoms with Crippen LogP contribution in [0.25, 0.3) is 0 Å². The van der Waals surface area contributed by atoms with E-state index in [0.717, 1.165) is 38.6 Å². The minimum Gasteiger partial charge on any atom is -0.319 e. The Morgan fingerprint density at radius 2 is 1.95 bits per heavy atom. The van der Waals surface area contributed by atoms with E-state index in [2.05, 4.69) is 21.2 Å². The lowest BCUT2D eigenvalue weighted by molar-refractivity contribution is 0.364. The van der Waals surface area contributed by atoms with Gasteiger partial charge in [0.2, 0.25) is 0 Å². The third-order valence-electron chi connectivity index (χ3n) is 4.08. The molecule has 2 atom stereocenters. The van der Waals surface area contributed by atoms with Crippen molar-refractivity contribution in [3.8, 4) is 0 Å². The molecular weight excluding hydrogens is 312 g/mol. The van der Waals surface area contributed by atoms with Crippen LogP contribution in [-0.4, -0.2) is 13.6 Å². The maximum Gasteiger partial charge on any atom is 0.143 e. The van der Waals surface area contributed by atoms with Crippen molar-refractivity contribution in [2.45, 2.75) is 38.0 Å². The lowest BCUT2D eigenvalue weighted by Crippen LogP contribution is -2.25. The van der Waals surface area contributed by atoms with E-state index in [0.29, 0.717) is 10.4 Å². The first-order valence-corrected chi connectivity index (χ1v) is 7.72. The van der Waals surface area contributed by atoms with Gasteiger partial charge in [-0.05, 0) is 66.3 Å². The molecule has 0 spiro atoms. The van der Waals surface area contributed by atoms with Crippen LogP contribution < -0.4 is 5.32 Å². The van der Waals surface area contributed by atoms with Gasteiger partial charge in [0.25, 0.3) is 0 Å². The maximum atomic E-state index is 14.3. The van der Waals surface area contributed by atoms with Gasteiger partial charge in [-0.25, -0.2) is 8.78 Å². The van der Waals surface area contributed by atoms with E-state index >= 15 is 0 Å². The normalized spacial score (nSPS) is 24.2. The summed E-state index contributed by atoms with van der Waals surface area (Å²) in [5.74, 6) is -0.542. The zero-order valence-corrected chi connectivity index (χ0v) is 12.8. The standard InChI is InChI=1S/C15H20BrF2N/c1-19-9-10-5-3-2-4-6-11(10)14-13(17)8-7-12(16)15(14)18/h7-8,10-11,19H,2-6,9H2,1H3. The molecule has 0 aromatic heterocycles. The molecule has 1 fully saturated rings. The Kier molecular flexibility index (Phi) is 5.34. The van der Waals surface area contributed by atoms with Gasteiger partial charge in [0, 0.05) is 5.56 Å². The molecule has 1 nitrogen and oxygen atoms in total. The Labute approximate surface area is 121 Å². The van der Waals surface area contributed by atoms with E-state index in [1.54, 1.807) is 0 Å². The molecule has 106 valence electrons. The molecule has 0 saturated heterocycles. The lowest BCUT2D eigenvalue weighted by Gasteiger charge is -2.26. The summed E-state index contributed by atoms with van der Waals surface area (Å²) >= 11 is 3.17. The molecule has 0 heterocycles. The lowest BCUT2D eigenvalue weighted by atomic mass is 9.82. The van der Waals surface area contributed by atoms with Crippen LogP contribution in [0.15, 0.2) is 16.6 Å². The fourth-order valence-corrected chi connectivity index (χ4v) is 3.50. The van der Waals surface area contributed by atoms with Gasteiger partial charge >= 0.3 is 0 Å². The number of halogens is 3. The van der Waals surface area contributed by atoms with Crippen LogP contribution in [0.5, 0.6) is 0 Å². The predicted octanol–water partition coefficient (Wildman–Crippen LogP) is 4.61. The van der Waals surface area contributed by atoms with E-state index < -0.39 is 11.6 Å². The maximum absolute atomic E-state index is 14.3. The third-order valence-corrected chi connectivity index (χ3v) is 4.69. The third kappa shape index (κ3) is 3.34. The van der Waals surface area contributed by atoms with Crippen LogP contribution in [0.1, 0.15) is 43.6 Å². The van der Waals surface area contributed by atoms with Crippen molar-refractivity contribution in [2.24, 2.45) is 5.92 Å². The van der Waals surface area contributed by atoms with Crippen molar-refractivity contribution in [1.82, 2.24) is 5.32 Å². The van der Waals surface area contributed by atoms with Gasteiger partial charge in [0.05, 0.1) is 4.47 Å². The monoisotopic (exact) mass is 331 g/mol. The molecular formula is C15H20BrF2N. The summed E-state index contributed by atoms with van der Waals surface area (Å²) in [6.45, 7) is 0.816. The summed E-state index contributed by atoms with van der Waals surface area (Å²) in [5, 5.41) is 3.16. The van der Waals surface area contributed by atoms with Gasteiger partial charge < -0.3 is 5.32 Å². The Hall–Kier alpha value is -0.480. The first kappa shape index (κ1) is 14.9. The molecule has 4 heteroatoms. The van der Waals surface area contributed by atoms with Crippen molar-refractivity contribution in [3.63, 3.8) is 0 Å². The van der Waals surface area contributed by atoms with Crippen LogP contribution in [0.3, 0.4) is 0 Å². The molecule has 1 aromatic rings. The molecule has 0 amide bonds. The van der Waals surface area contributed by atoms with Crippen molar-refractivity contribution in [3.05, 3.63) is 33.8 Å². The largest absolute Gasteiger partial charge is 0.319 e. The summed E-state index contributed by atoms with van der Waals surface area (Å²) in [7, 11) is 1.90. The van der Waals surface area contributed by atoms with E-state index in [4.69, 9.17) is 0 Å². The molecule has 1 aromatic carbocycles. The van der Waals surface area contributed by atoms with Gasteiger partial charge in [-0.2, -0.15) is 0 Å². The number of hydrogen-bond donors (Lipinski definition) is 1. The molecule has 0 aliphatic heterocycles. The minimum absolute atomic E-state index is 0.0209. The van der Waals surface area contributed by atoms with Crippen molar-refractivity contribution in [2.75, 3.05) is 13.6 Å². The zero-order valence-electron chi connectivity index (χ0n) is 11.2. The highest BCUT2D eigenvalue weighted by molar-refractivity contribution is 9.10. The Morgan fingerprint density at radius 1 is 1.21 bits per heavy atom. The van der Waals surface area contributed by atoms with Gasteiger partial charge in [0.1, 0.15) is 11.6 Å². The Bertz CT molecular complexity index is 436. The highest BCUT2D eigenvalue weighted by Crippen LogP contribution is 2.40. The molecule has 0 bridgehead atoms. The number of hydrogen-bond acceptors (Lipinski definition) is 1. The van der Waals surface area contributed by atoms with E-state index in [1.807, 2.05) is 7.05 Å². The van der Waals surface area contributed by atoms with Gasteiger partial charge in [-0.15, -0.1) is 0 Å². The second-order valence-electron chi connectivity index (χ2n) is 5.32. The summed E-state index contributed by atoms with van der Waals surface area (Å²) in [6, 6.07) is 2.81. The summed E-state index contributed by atoms with van der Waals surface area (Å²) < 4.78 is 28.7. The zero-order chi connectivity index (χ0) is 13.8. The average molecular weight is 332 g/mol. The molecule has 1 N–H and O–H groups in total. The Balaban J connectivity index is 2.38. The van der Waals surface area contributed by atoms with Crippen molar-refractivity contribution < 1.29 is 8.78 Å². The van der Waals surface area contributed by atoms with Crippen LogP contribution in [0.2, 0.25) is 0 Å². The predicted molar refractivity (Wildman–Crippen MR) is 77.3 cm³/mol. The molecule has 2 unspecified atom stereocenters. The van der Waals surface area contributed by atoms with Gasteiger partial charge in [0.15, 0.2) is 0 Å².